The van der Waals surface area contributed by atoms with Crippen LogP contribution >= 0.6 is 0 Å². The number of amides is 1. The highest BCUT2D eigenvalue weighted by molar-refractivity contribution is 5.85. The zero-order valence-corrected chi connectivity index (χ0v) is 12.5. The molecule has 1 amide bonds. The monoisotopic (exact) mass is 325 g/mol. The number of carbonyl (C=O) groups is 2. The van der Waals surface area contributed by atoms with Crippen LogP contribution in [0.15, 0.2) is 48.5 Å². The Morgan fingerprint density at radius 3 is 2.58 bits per heavy atom. The van der Waals surface area contributed by atoms with Crippen molar-refractivity contribution >= 4 is 17.7 Å². The number of hydrogen-bond donors (Lipinski definition) is 1. The largest absolute Gasteiger partial charge is 0.546 e. The van der Waals surface area contributed by atoms with E-state index in [4.69, 9.17) is 14.7 Å². The van der Waals surface area contributed by atoms with Crippen LogP contribution in [0.2, 0.25) is 0 Å². The minimum Gasteiger partial charge on any atom is -0.546 e. The minimum absolute atomic E-state index is 0.0807. The van der Waals surface area contributed by atoms with E-state index in [-0.39, 0.29) is 17.9 Å². The third-order valence-corrected chi connectivity index (χ3v) is 2.90. The average Bonchev–Trinajstić information content (AvgIpc) is 2.59. The highest BCUT2D eigenvalue weighted by Crippen LogP contribution is 2.22. The number of aliphatic carboxylic acids is 1. The lowest BCUT2D eigenvalue weighted by Gasteiger charge is -2.11. The first kappa shape index (κ1) is 16.8. The molecule has 0 saturated heterocycles. The van der Waals surface area contributed by atoms with Crippen LogP contribution < -0.4 is 15.2 Å². The molecule has 0 bridgehead atoms. The number of anilines is 1. The van der Waals surface area contributed by atoms with Gasteiger partial charge in [-0.05, 0) is 23.8 Å². The van der Waals surface area contributed by atoms with Crippen LogP contribution in [0.3, 0.4) is 0 Å². The summed E-state index contributed by atoms with van der Waals surface area (Å²) in [7, 11) is 0. The predicted molar refractivity (Wildman–Crippen MR) is 81.9 cm³/mol. The molecule has 0 aliphatic carbocycles. The van der Waals surface area contributed by atoms with Crippen molar-refractivity contribution in [2.24, 2.45) is 0 Å². The molecule has 0 atom stereocenters. The number of carboxylic acids is 1. The molecule has 0 aliphatic heterocycles. The van der Waals surface area contributed by atoms with Gasteiger partial charge >= 0.3 is 6.09 Å². The van der Waals surface area contributed by atoms with Crippen LogP contribution in [0.1, 0.15) is 11.1 Å². The molecule has 122 valence electrons. The Morgan fingerprint density at radius 2 is 1.92 bits per heavy atom. The van der Waals surface area contributed by atoms with E-state index < -0.39 is 18.7 Å². The molecule has 0 aliphatic rings. The number of nitrogens with zero attached hydrogens (tertiary/aromatic N) is 1. The highest BCUT2D eigenvalue weighted by atomic mass is 16.5. The Balaban J connectivity index is 1.95. The molecule has 0 fully saturated rings. The normalized spacial score (nSPS) is 9.62. The Kier molecular flexibility index (Phi) is 5.75. The van der Waals surface area contributed by atoms with Crippen molar-refractivity contribution in [1.82, 2.24) is 0 Å². The topological polar surface area (TPSA) is 111 Å². The van der Waals surface area contributed by atoms with Crippen LogP contribution in [0.4, 0.5) is 10.5 Å². The van der Waals surface area contributed by atoms with E-state index in [0.717, 1.165) is 5.56 Å². The van der Waals surface area contributed by atoms with Gasteiger partial charge in [0.15, 0.2) is 0 Å². The van der Waals surface area contributed by atoms with Gasteiger partial charge in [-0.15, -0.1) is 0 Å². The van der Waals surface area contributed by atoms with Gasteiger partial charge in [-0.25, -0.2) is 4.79 Å². The minimum atomic E-state index is -1.40. The molecule has 2 rings (SSSR count). The maximum atomic E-state index is 11.8. The van der Waals surface area contributed by atoms with E-state index >= 15 is 0 Å². The van der Waals surface area contributed by atoms with E-state index in [1.54, 1.807) is 0 Å². The van der Waals surface area contributed by atoms with Gasteiger partial charge in [-0.1, -0.05) is 30.3 Å². The lowest BCUT2D eigenvalue weighted by Crippen LogP contribution is -2.29. The Labute approximate surface area is 138 Å². The fourth-order valence-electron chi connectivity index (χ4n) is 1.83. The fraction of sp³-hybridized carbons (Fsp3) is 0.118. The van der Waals surface area contributed by atoms with Gasteiger partial charge in [-0.2, -0.15) is 5.26 Å². The number of rotatable bonds is 6. The summed E-state index contributed by atoms with van der Waals surface area (Å²) in [6.45, 7) is -0.550. The molecule has 0 saturated carbocycles. The van der Waals surface area contributed by atoms with Crippen molar-refractivity contribution in [3.63, 3.8) is 0 Å². The molecule has 0 heterocycles. The summed E-state index contributed by atoms with van der Waals surface area (Å²) in [5.41, 5.74) is 1.25. The molecule has 2 aromatic rings. The van der Waals surface area contributed by atoms with Crippen molar-refractivity contribution in [3.05, 3.63) is 59.7 Å². The smallest absolute Gasteiger partial charge is 0.411 e. The van der Waals surface area contributed by atoms with E-state index in [1.165, 1.54) is 18.2 Å². The molecule has 7 heteroatoms. The summed E-state index contributed by atoms with van der Waals surface area (Å²) >= 11 is 0. The zero-order valence-electron chi connectivity index (χ0n) is 12.5. The first-order valence-corrected chi connectivity index (χ1v) is 6.93. The first-order chi connectivity index (χ1) is 11.6. The molecule has 24 heavy (non-hydrogen) atoms. The maximum Gasteiger partial charge on any atom is 0.411 e. The number of carboxylic acid groups (broad SMARTS) is 1. The third-order valence-electron chi connectivity index (χ3n) is 2.90. The molecule has 1 N–H and O–H groups in total. The van der Waals surface area contributed by atoms with Crippen molar-refractivity contribution < 1.29 is 24.2 Å². The Hall–Kier alpha value is -3.53. The van der Waals surface area contributed by atoms with Crippen LogP contribution in [-0.2, 0) is 16.1 Å². The summed E-state index contributed by atoms with van der Waals surface area (Å²) in [5.74, 6) is -1.31. The van der Waals surface area contributed by atoms with Gasteiger partial charge in [0.2, 0.25) is 0 Å². The van der Waals surface area contributed by atoms with Crippen molar-refractivity contribution in [2.45, 2.75) is 6.61 Å². The molecule has 0 spiro atoms. The van der Waals surface area contributed by atoms with Crippen molar-refractivity contribution in [1.29, 1.82) is 5.26 Å². The number of nitriles is 1. The molecule has 0 unspecified atom stereocenters. The lowest BCUT2D eigenvalue weighted by molar-refractivity contribution is -0.307. The Morgan fingerprint density at radius 1 is 1.17 bits per heavy atom. The SMILES string of the molecule is N#Cc1cc(NC(=O)OCc2ccccc2)ccc1OCC(=O)[O-]. The number of benzene rings is 2. The fourth-order valence-corrected chi connectivity index (χ4v) is 1.83. The maximum absolute atomic E-state index is 11.8. The second-order valence-electron chi connectivity index (χ2n) is 4.67. The van der Waals surface area contributed by atoms with Gasteiger partial charge in [-0.3, -0.25) is 5.32 Å². The number of nitrogens with one attached hydrogen (secondary N) is 1. The number of ether oxygens (including phenoxy) is 2. The van der Waals surface area contributed by atoms with Gasteiger partial charge < -0.3 is 19.4 Å². The highest BCUT2D eigenvalue weighted by Gasteiger charge is 2.08. The lowest BCUT2D eigenvalue weighted by atomic mass is 10.2. The number of carbonyl (C=O) groups excluding carboxylic acids is 2. The Bertz CT molecular complexity index is 768. The molecule has 2 aromatic carbocycles. The summed E-state index contributed by atoms with van der Waals surface area (Å²) < 4.78 is 9.99. The van der Waals surface area contributed by atoms with E-state index in [9.17, 15) is 14.7 Å². The van der Waals surface area contributed by atoms with E-state index in [1.807, 2.05) is 36.4 Å². The van der Waals surface area contributed by atoms with Gasteiger partial charge in [0.1, 0.15) is 25.0 Å². The van der Waals surface area contributed by atoms with Crippen LogP contribution in [-0.4, -0.2) is 18.7 Å². The van der Waals surface area contributed by atoms with Gasteiger partial charge in [0.25, 0.3) is 0 Å². The molecule has 7 nitrogen and oxygen atoms in total. The summed E-state index contributed by atoms with van der Waals surface area (Å²) in [4.78, 5) is 22.1. The molecular weight excluding hydrogens is 312 g/mol. The molecule has 0 aromatic heterocycles. The van der Waals surface area contributed by atoms with Crippen LogP contribution in [0, 0.1) is 11.3 Å². The third kappa shape index (κ3) is 5.03. The van der Waals surface area contributed by atoms with Crippen molar-refractivity contribution in [2.75, 3.05) is 11.9 Å². The standard InChI is InChI=1S/C17H14N2O5/c18-9-13-8-14(6-7-15(13)23-11-16(20)21)19-17(22)24-10-12-4-2-1-3-5-12/h1-8H,10-11H2,(H,19,22)(H,20,21)/p-1. The summed E-state index contributed by atoms with van der Waals surface area (Å²) in [5, 5.41) is 21.9. The predicted octanol–water partition coefficient (Wildman–Crippen LogP) is 1.44. The molecule has 0 radical (unpaired) electrons. The average molecular weight is 325 g/mol. The summed E-state index contributed by atoms with van der Waals surface area (Å²) in [6.07, 6.45) is -0.675. The molecular formula is C17H13N2O5-. The number of hydrogen-bond acceptors (Lipinski definition) is 6. The van der Waals surface area contributed by atoms with Gasteiger partial charge in [0.05, 0.1) is 11.5 Å². The first-order valence-electron chi connectivity index (χ1n) is 6.93. The van der Waals surface area contributed by atoms with E-state index in [2.05, 4.69) is 5.32 Å². The van der Waals surface area contributed by atoms with Crippen LogP contribution in [0.25, 0.3) is 0 Å². The van der Waals surface area contributed by atoms with Crippen molar-refractivity contribution in [3.8, 4) is 11.8 Å². The quantitative estimate of drug-likeness (QED) is 0.860. The van der Waals surface area contributed by atoms with Gasteiger partial charge in [0, 0.05) is 5.69 Å². The van der Waals surface area contributed by atoms with Crippen LogP contribution in [0.5, 0.6) is 5.75 Å². The zero-order chi connectivity index (χ0) is 17.4. The second kappa shape index (κ2) is 8.19. The van der Waals surface area contributed by atoms with E-state index in [0.29, 0.717) is 5.69 Å². The summed E-state index contributed by atoms with van der Waals surface area (Å²) in [6, 6.07) is 15.2. The second-order valence-corrected chi connectivity index (χ2v) is 4.67.